The number of fused-ring (bicyclic) bond motifs is 1. The molecule has 1 saturated carbocycles. The van der Waals surface area contributed by atoms with Crippen LogP contribution in [0.4, 0.5) is 5.69 Å². The van der Waals surface area contributed by atoms with E-state index in [1.165, 1.54) is 16.7 Å². The average molecular weight is 575 g/mol. The Morgan fingerprint density at radius 2 is 1.90 bits per heavy atom. The van der Waals surface area contributed by atoms with Crippen molar-refractivity contribution >= 4 is 35.2 Å². The van der Waals surface area contributed by atoms with Gasteiger partial charge in [-0.3, -0.25) is 14.4 Å². The van der Waals surface area contributed by atoms with Crippen LogP contribution < -0.4 is 9.64 Å². The molecule has 216 valence electrons. The van der Waals surface area contributed by atoms with E-state index in [9.17, 15) is 19.6 Å². The molecule has 2 heterocycles. The summed E-state index contributed by atoms with van der Waals surface area (Å²) < 4.78 is 5.23. The van der Waals surface area contributed by atoms with Gasteiger partial charge in [-0.2, -0.15) is 5.26 Å². The summed E-state index contributed by atoms with van der Waals surface area (Å²) in [5, 5.41) is 10.00. The number of nitrogens with zero attached hydrogens (tertiary/aromatic N) is 4. The van der Waals surface area contributed by atoms with Gasteiger partial charge < -0.3 is 9.64 Å². The highest BCUT2D eigenvalue weighted by Crippen LogP contribution is 2.37. The van der Waals surface area contributed by atoms with Crippen molar-refractivity contribution in [2.45, 2.75) is 100 Å². The smallest absolute Gasteiger partial charge is 0.257 e. The lowest BCUT2D eigenvalue weighted by atomic mass is 9.87. The summed E-state index contributed by atoms with van der Waals surface area (Å²) in [6.07, 6.45) is 8.02. The summed E-state index contributed by atoms with van der Waals surface area (Å²) in [7, 11) is 1.56. The zero-order valence-corrected chi connectivity index (χ0v) is 24.9. The summed E-state index contributed by atoms with van der Waals surface area (Å²) in [4.78, 5) is 49.2. The lowest BCUT2D eigenvalue weighted by Gasteiger charge is -2.39. The van der Waals surface area contributed by atoms with E-state index >= 15 is 0 Å². The van der Waals surface area contributed by atoms with Gasteiger partial charge in [0.05, 0.1) is 30.0 Å². The number of amides is 3. The first-order chi connectivity index (χ1) is 19.8. The van der Waals surface area contributed by atoms with Crippen molar-refractivity contribution in [1.82, 2.24) is 9.88 Å². The minimum Gasteiger partial charge on any atom is -0.497 e. The molecule has 3 amide bonds. The van der Waals surface area contributed by atoms with Crippen LogP contribution in [0.2, 0.25) is 0 Å². The van der Waals surface area contributed by atoms with Crippen LogP contribution in [-0.2, 0) is 27.2 Å². The van der Waals surface area contributed by atoms with Crippen LogP contribution in [-0.4, -0.2) is 52.0 Å². The summed E-state index contributed by atoms with van der Waals surface area (Å²) >= 11 is 1.33. The molecule has 2 aromatic rings. The van der Waals surface area contributed by atoms with Crippen LogP contribution in [0.5, 0.6) is 5.75 Å². The average Bonchev–Trinajstić information content (AvgIpc) is 3.28. The van der Waals surface area contributed by atoms with Gasteiger partial charge in [0.1, 0.15) is 22.9 Å². The number of carbonyl (C=O) groups excluding carboxylic acids is 3. The molecule has 0 N–H and O–H groups in total. The molecule has 1 aromatic carbocycles. The molecule has 2 aliphatic carbocycles. The lowest BCUT2D eigenvalue weighted by Crippen LogP contribution is -2.53. The molecule has 1 aliphatic heterocycles. The Morgan fingerprint density at radius 1 is 1.17 bits per heavy atom. The maximum atomic E-state index is 14.4. The second-order valence-electron chi connectivity index (χ2n) is 11.4. The number of nitriles is 1. The van der Waals surface area contributed by atoms with E-state index in [1.54, 1.807) is 36.3 Å². The fraction of sp³-hybridized carbons (Fsp3) is 0.531. The number of aryl methyl sites for hydroxylation is 1. The Morgan fingerprint density at radius 3 is 2.56 bits per heavy atom. The molecule has 9 heteroatoms. The largest absolute Gasteiger partial charge is 0.497 e. The van der Waals surface area contributed by atoms with Crippen molar-refractivity contribution < 1.29 is 19.1 Å². The standard InChI is InChI=1S/C32H38N4O4S/c1-4-28(41-30-22(19-33)17-21-16-20(2)10-15-26(21)34-30)32(39)35(23-8-6-5-7-9-23)27-18-29(37)36(31(27)38)24-11-13-25(40-3)14-12-24/h11-14,17,20,23,27-28H,4-10,15-16,18H2,1-3H3. The van der Waals surface area contributed by atoms with Crippen LogP contribution in [0.25, 0.3) is 0 Å². The first-order valence-electron chi connectivity index (χ1n) is 14.8. The van der Waals surface area contributed by atoms with Crippen LogP contribution in [0.15, 0.2) is 35.4 Å². The van der Waals surface area contributed by atoms with Crippen molar-refractivity contribution in [3.8, 4) is 11.8 Å². The molecular formula is C32H38N4O4S. The van der Waals surface area contributed by atoms with Gasteiger partial charge in [-0.1, -0.05) is 44.9 Å². The second-order valence-corrected chi connectivity index (χ2v) is 12.6. The summed E-state index contributed by atoms with van der Waals surface area (Å²) in [6, 6.07) is 10.1. The van der Waals surface area contributed by atoms with Gasteiger partial charge in [0.2, 0.25) is 11.8 Å². The van der Waals surface area contributed by atoms with Gasteiger partial charge in [-0.05, 0) is 80.3 Å². The Bertz CT molecular complexity index is 1350. The Kier molecular flexibility index (Phi) is 8.98. The van der Waals surface area contributed by atoms with Crippen LogP contribution in [0.1, 0.15) is 82.0 Å². The van der Waals surface area contributed by atoms with Gasteiger partial charge in [-0.25, -0.2) is 9.88 Å². The van der Waals surface area contributed by atoms with E-state index in [0.29, 0.717) is 34.4 Å². The molecule has 3 atom stereocenters. The highest BCUT2D eigenvalue weighted by Gasteiger charge is 2.47. The molecule has 0 spiro atoms. The van der Waals surface area contributed by atoms with Crippen LogP contribution in [0.3, 0.4) is 0 Å². The predicted octanol–water partition coefficient (Wildman–Crippen LogP) is 5.45. The molecule has 8 nitrogen and oxygen atoms in total. The topological polar surface area (TPSA) is 104 Å². The van der Waals surface area contributed by atoms with E-state index < -0.39 is 11.3 Å². The van der Waals surface area contributed by atoms with E-state index in [4.69, 9.17) is 9.72 Å². The summed E-state index contributed by atoms with van der Waals surface area (Å²) in [6.45, 7) is 4.17. The van der Waals surface area contributed by atoms with E-state index in [-0.39, 0.29) is 30.2 Å². The van der Waals surface area contributed by atoms with Gasteiger partial charge >= 0.3 is 0 Å². The van der Waals surface area contributed by atoms with Crippen LogP contribution in [0, 0.1) is 17.2 Å². The zero-order chi connectivity index (χ0) is 29.1. The number of hydrogen-bond donors (Lipinski definition) is 0. The monoisotopic (exact) mass is 574 g/mol. The molecule has 0 bridgehead atoms. The van der Waals surface area contributed by atoms with Gasteiger partial charge in [0, 0.05) is 11.7 Å². The van der Waals surface area contributed by atoms with Crippen molar-refractivity contribution in [1.29, 1.82) is 5.26 Å². The third-order valence-corrected chi connectivity index (χ3v) is 9.98. The molecule has 5 rings (SSSR count). The Labute approximate surface area is 246 Å². The molecular weight excluding hydrogens is 536 g/mol. The van der Waals surface area contributed by atoms with Gasteiger partial charge in [-0.15, -0.1) is 0 Å². The third-order valence-electron chi connectivity index (χ3n) is 8.63. The van der Waals surface area contributed by atoms with E-state index in [2.05, 4.69) is 13.0 Å². The molecule has 0 radical (unpaired) electrons. The number of pyridine rings is 1. The Balaban J connectivity index is 1.43. The number of aromatic nitrogens is 1. The second kappa shape index (κ2) is 12.6. The molecule has 1 saturated heterocycles. The highest BCUT2D eigenvalue weighted by atomic mass is 32.2. The highest BCUT2D eigenvalue weighted by molar-refractivity contribution is 8.00. The van der Waals surface area contributed by atoms with Crippen molar-refractivity contribution in [3.05, 3.63) is 47.2 Å². The first-order valence-corrected chi connectivity index (χ1v) is 15.6. The molecule has 41 heavy (non-hydrogen) atoms. The number of ether oxygens (including phenoxy) is 1. The molecule has 1 aromatic heterocycles. The number of thioether (sulfide) groups is 1. The number of benzene rings is 1. The molecule has 2 fully saturated rings. The number of methoxy groups -OCH3 is 1. The normalized spacial score (nSPS) is 21.8. The Hall–Kier alpha value is -3.38. The molecule has 3 aliphatic rings. The van der Waals surface area contributed by atoms with Crippen molar-refractivity contribution in [2.75, 3.05) is 12.0 Å². The number of imide groups is 1. The van der Waals surface area contributed by atoms with Crippen molar-refractivity contribution in [2.24, 2.45) is 5.92 Å². The fourth-order valence-electron chi connectivity index (χ4n) is 6.39. The number of hydrogen-bond acceptors (Lipinski definition) is 7. The first kappa shape index (κ1) is 29.1. The quantitative estimate of drug-likeness (QED) is 0.305. The number of anilines is 1. The number of carbonyl (C=O) groups is 3. The van der Waals surface area contributed by atoms with E-state index in [0.717, 1.165) is 62.6 Å². The summed E-state index contributed by atoms with van der Waals surface area (Å²) in [5.74, 6) is 0.374. The van der Waals surface area contributed by atoms with Crippen LogP contribution >= 0.6 is 11.8 Å². The molecule has 3 unspecified atom stereocenters. The zero-order valence-electron chi connectivity index (χ0n) is 24.1. The lowest BCUT2D eigenvalue weighted by molar-refractivity contribution is -0.141. The third kappa shape index (κ3) is 5.99. The maximum Gasteiger partial charge on any atom is 0.257 e. The van der Waals surface area contributed by atoms with E-state index in [1.807, 2.05) is 13.0 Å². The van der Waals surface area contributed by atoms with Gasteiger partial charge in [0.25, 0.3) is 5.91 Å². The summed E-state index contributed by atoms with van der Waals surface area (Å²) in [5.41, 5.74) is 3.12. The predicted molar refractivity (Wildman–Crippen MR) is 158 cm³/mol. The minimum absolute atomic E-state index is 0.0348. The number of rotatable bonds is 8. The maximum absolute atomic E-state index is 14.4. The minimum atomic E-state index is -0.844. The fourth-order valence-corrected chi connectivity index (χ4v) is 7.44. The SMILES string of the molecule is CCC(Sc1nc2c(cc1C#N)CC(C)CC2)C(=O)N(C1CCCCC1)C1CC(=O)N(c2ccc(OC)cc2)C1=O. The van der Waals surface area contributed by atoms with Gasteiger partial charge in [0.15, 0.2) is 0 Å². The van der Waals surface area contributed by atoms with Crippen molar-refractivity contribution in [3.63, 3.8) is 0 Å².